The van der Waals surface area contributed by atoms with Gasteiger partial charge in [-0.3, -0.25) is 4.79 Å². The molecule has 0 bridgehead atoms. The molecule has 6 nitrogen and oxygen atoms in total. The van der Waals surface area contributed by atoms with Gasteiger partial charge in [-0.2, -0.15) is 0 Å². The molecule has 2 amide bonds. The van der Waals surface area contributed by atoms with E-state index in [0.29, 0.717) is 17.0 Å². The molecule has 2 atom stereocenters. The second kappa shape index (κ2) is 7.26. The Morgan fingerprint density at radius 3 is 2.77 bits per heavy atom. The van der Waals surface area contributed by atoms with Crippen molar-refractivity contribution in [1.82, 2.24) is 5.32 Å². The summed E-state index contributed by atoms with van der Waals surface area (Å²) in [5.41, 5.74) is 0.966. The van der Waals surface area contributed by atoms with Crippen LogP contribution in [0.2, 0.25) is 0 Å². The number of hydrogen-bond acceptors (Lipinski definition) is 4. The van der Waals surface area contributed by atoms with Crippen LogP contribution in [0.3, 0.4) is 0 Å². The largest absolute Gasteiger partial charge is 0.496 e. The Bertz CT molecular complexity index is 603. The quantitative estimate of drug-likeness (QED) is 0.666. The van der Waals surface area contributed by atoms with Crippen molar-refractivity contribution >= 4 is 29.3 Å². The molecule has 0 spiro atoms. The molecule has 0 aliphatic carbocycles. The molecule has 1 aliphatic rings. The van der Waals surface area contributed by atoms with Crippen molar-refractivity contribution < 1.29 is 19.1 Å². The maximum absolute atomic E-state index is 12.3. The van der Waals surface area contributed by atoms with E-state index in [1.807, 2.05) is 6.07 Å². The number of amides is 2. The van der Waals surface area contributed by atoms with E-state index in [0.717, 1.165) is 0 Å². The van der Waals surface area contributed by atoms with E-state index >= 15 is 0 Å². The maximum Gasteiger partial charge on any atom is 0.341 e. The second-order valence-corrected chi connectivity index (χ2v) is 4.90. The molecule has 0 saturated heterocycles. The minimum absolute atomic E-state index is 0.0252. The van der Waals surface area contributed by atoms with Crippen LogP contribution in [0, 0.1) is 5.92 Å². The Labute approximate surface area is 133 Å². The Morgan fingerprint density at radius 2 is 2.14 bits per heavy atom. The third-order valence-corrected chi connectivity index (χ3v) is 3.64. The zero-order valence-electron chi connectivity index (χ0n) is 12.3. The summed E-state index contributed by atoms with van der Waals surface area (Å²) in [6.45, 7) is 1.95. The van der Waals surface area contributed by atoms with Gasteiger partial charge in [0, 0.05) is 5.56 Å². The van der Waals surface area contributed by atoms with Gasteiger partial charge in [0.2, 0.25) is 0 Å². The molecule has 1 aromatic rings. The highest BCUT2D eigenvalue weighted by Crippen LogP contribution is 2.33. The molecule has 1 aromatic carbocycles. The zero-order chi connectivity index (χ0) is 16.1. The van der Waals surface area contributed by atoms with Crippen LogP contribution in [0.15, 0.2) is 29.3 Å². The normalized spacial score (nSPS) is 20.9. The minimum Gasteiger partial charge on any atom is -0.496 e. The molecule has 0 fully saturated rings. The van der Waals surface area contributed by atoms with Gasteiger partial charge in [-0.1, -0.05) is 18.2 Å². The summed E-state index contributed by atoms with van der Waals surface area (Å²) in [5, 5.41) is 2.70. The fourth-order valence-corrected chi connectivity index (χ4v) is 2.66. The van der Waals surface area contributed by atoms with Gasteiger partial charge in [-0.15, -0.1) is 11.6 Å². The number of nitrogens with one attached hydrogen (secondary N) is 1. The standard InChI is InChI=1S/C15H17ClN2O4/c1-3-22-14(19)12-10(8-16)17-15(20)18-13(12)9-6-4-5-7-11(9)21-2/h4-7,12-13H,3,8H2,1-2H3,(H,18,20). The summed E-state index contributed by atoms with van der Waals surface area (Å²) in [6, 6.07) is 5.99. The van der Waals surface area contributed by atoms with E-state index in [4.69, 9.17) is 21.1 Å². The summed E-state index contributed by atoms with van der Waals surface area (Å²) in [6.07, 6.45) is 0. The predicted octanol–water partition coefficient (Wildman–Crippen LogP) is 2.32. The molecule has 0 aromatic heterocycles. The van der Waals surface area contributed by atoms with Crippen LogP contribution in [0.1, 0.15) is 18.5 Å². The average Bonchev–Trinajstić information content (AvgIpc) is 2.53. The fraction of sp³-hybridized carbons (Fsp3) is 0.400. The van der Waals surface area contributed by atoms with Crippen molar-refractivity contribution in [3.05, 3.63) is 29.8 Å². The number of esters is 1. The Balaban J connectivity index is 2.48. The summed E-state index contributed by atoms with van der Waals surface area (Å²) in [7, 11) is 1.53. The first-order chi connectivity index (χ1) is 10.6. The molecular formula is C15H17ClN2O4. The van der Waals surface area contributed by atoms with Crippen molar-refractivity contribution in [2.75, 3.05) is 19.6 Å². The summed E-state index contributed by atoms with van der Waals surface area (Å²) < 4.78 is 10.4. The topological polar surface area (TPSA) is 77.0 Å². The number of aliphatic imine (C=N–C) groups is 1. The van der Waals surface area contributed by atoms with Crippen LogP contribution in [0.5, 0.6) is 5.75 Å². The third-order valence-electron chi connectivity index (χ3n) is 3.37. The van der Waals surface area contributed by atoms with Gasteiger partial charge in [0.05, 0.1) is 31.4 Å². The maximum atomic E-state index is 12.3. The van der Waals surface area contributed by atoms with Gasteiger partial charge in [0.1, 0.15) is 11.7 Å². The Kier molecular flexibility index (Phi) is 5.38. The fourth-order valence-electron chi connectivity index (χ4n) is 2.44. The molecule has 0 saturated carbocycles. The predicted molar refractivity (Wildman–Crippen MR) is 82.5 cm³/mol. The number of ether oxygens (including phenoxy) is 2. The van der Waals surface area contributed by atoms with E-state index in [9.17, 15) is 9.59 Å². The van der Waals surface area contributed by atoms with Crippen molar-refractivity contribution in [2.45, 2.75) is 13.0 Å². The first kappa shape index (κ1) is 16.3. The van der Waals surface area contributed by atoms with Gasteiger partial charge >= 0.3 is 12.0 Å². The van der Waals surface area contributed by atoms with Gasteiger partial charge in [0.25, 0.3) is 0 Å². The number of para-hydroxylation sites is 1. The average molecular weight is 325 g/mol. The Morgan fingerprint density at radius 1 is 1.41 bits per heavy atom. The smallest absolute Gasteiger partial charge is 0.341 e. The molecule has 2 unspecified atom stereocenters. The molecule has 1 aliphatic heterocycles. The van der Waals surface area contributed by atoms with Crippen LogP contribution in [-0.2, 0) is 9.53 Å². The number of methoxy groups -OCH3 is 1. The van der Waals surface area contributed by atoms with Gasteiger partial charge in [-0.05, 0) is 13.0 Å². The molecule has 2 rings (SSSR count). The van der Waals surface area contributed by atoms with Gasteiger partial charge in [0.15, 0.2) is 0 Å². The molecule has 1 heterocycles. The van der Waals surface area contributed by atoms with E-state index in [-0.39, 0.29) is 12.5 Å². The number of urea groups is 1. The van der Waals surface area contributed by atoms with Crippen LogP contribution >= 0.6 is 11.6 Å². The number of nitrogens with zero attached hydrogens (tertiary/aromatic N) is 1. The van der Waals surface area contributed by atoms with Gasteiger partial charge in [-0.25, -0.2) is 9.79 Å². The highest BCUT2D eigenvalue weighted by atomic mass is 35.5. The number of carbonyl (C=O) groups is 2. The minimum atomic E-state index is -0.772. The highest BCUT2D eigenvalue weighted by Gasteiger charge is 2.40. The molecular weight excluding hydrogens is 308 g/mol. The number of benzene rings is 1. The lowest BCUT2D eigenvalue weighted by Crippen LogP contribution is -2.45. The number of carbonyl (C=O) groups excluding carboxylic acids is 2. The van der Waals surface area contributed by atoms with E-state index in [1.54, 1.807) is 25.1 Å². The van der Waals surface area contributed by atoms with E-state index < -0.39 is 24.0 Å². The first-order valence-corrected chi connectivity index (χ1v) is 7.39. The SMILES string of the molecule is CCOC(=O)C1C(CCl)=NC(=O)NC1c1ccccc1OC. The van der Waals surface area contributed by atoms with Crippen molar-refractivity contribution in [3.63, 3.8) is 0 Å². The third kappa shape index (κ3) is 3.22. The van der Waals surface area contributed by atoms with E-state index in [2.05, 4.69) is 10.3 Å². The molecule has 118 valence electrons. The summed E-state index contributed by atoms with van der Waals surface area (Å²) >= 11 is 5.86. The first-order valence-electron chi connectivity index (χ1n) is 6.85. The lowest BCUT2D eigenvalue weighted by Gasteiger charge is -2.31. The lowest BCUT2D eigenvalue weighted by atomic mass is 9.87. The summed E-state index contributed by atoms with van der Waals surface area (Å²) in [4.78, 5) is 27.9. The molecule has 0 radical (unpaired) electrons. The van der Waals surface area contributed by atoms with Crippen LogP contribution in [0.25, 0.3) is 0 Å². The lowest BCUT2D eigenvalue weighted by molar-refractivity contribution is -0.146. The Hall–Kier alpha value is -2.08. The molecule has 1 N–H and O–H groups in total. The summed E-state index contributed by atoms with van der Waals surface area (Å²) in [5.74, 6) is -0.704. The monoisotopic (exact) mass is 324 g/mol. The molecule has 22 heavy (non-hydrogen) atoms. The van der Waals surface area contributed by atoms with Crippen LogP contribution < -0.4 is 10.1 Å². The second-order valence-electron chi connectivity index (χ2n) is 4.64. The number of hydrogen-bond donors (Lipinski definition) is 1. The van der Waals surface area contributed by atoms with E-state index in [1.165, 1.54) is 7.11 Å². The van der Waals surface area contributed by atoms with Gasteiger partial charge < -0.3 is 14.8 Å². The van der Waals surface area contributed by atoms with Crippen molar-refractivity contribution in [2.24, 2.45) is 10.9 Å². The number of alkyl halides is 1. The number of rotatable bonds is 5. The van der Waals surface area contributed by atoms with Crippen molar-refractivity contribution in [3.8, 4) is 5.75 Å². The highest BCUT2D eigenvalue weighted by molar-refractivity contribution is 6.32. The van der Waals surface area contributed by atoms with Crippen LogP contribution in [0.4, 0.5) is 4.79 Å². The molecule has 7 heteroatoms. The number of halogens is 1. The van der Waals surface area contributed by atoms with Crippen LogP contribution in [-0.4, -0.2) is 37.3 Å². The zero-order valence-corrected chi connectivity index (χ0v) is 13.1. The van der Waals surface area contributed by atoms with Crippen molar-refractivity contribution in [1.29, 1.82) is 0 Å².